The lowest BCUT2D eigenvalue weighted by molar-refractivity contribution is 0.156. The van der Waals surface area contributed by atoms with E-state index in [0.717, 1.165) is 50.1 Å². The minimum Gasteiger partial charge on any atom is -0.381 e. The summed E-state index contributed by atoms with van der Waals surface area (Å²) < 4.78 is 7.77. The molecule has 2 aliphatic rings. The van der Waals surface area contributed by atoms with E-state index in [0.29, 0.717) is 12.0 Å². The summed E-state index contributed by atoms with van der Waals surface area (Å²) >= 11 is 0. The van der Waals surface area contributed by atoms with Crippen LogP contribution in [0.2, 0.25) is 0 Å². The van der Waals surface area contributed by atoms with Crippen LogP contribution in [0.3, 0.4) is 0 Å². The van der Waals surface area contributed by atoms with Crippen molar-refractivity contribution >= 4 is 11.6 Å². The van der Waals surface area contributed by atoms with Gasteiger partial charge in [0.15, 0.2) is 5.96 Å². The lowest BCUT2D eigenvalue weighted by Crippen LogP contribution is -2.41. The molecule has 4 heterocycles. The Bertz CT molecular complexity index is 775. The lowest BCUT2D eigenvalue weighted by atomic mass is 9.87. The largest absolute Gasteiger partial charge is 0.381 e. The maximum atomic E-state index is 5.64. The zero-order chi connectivity index (χ0) is 17.3. The van der Waals surface area contributed by atoms with Gasteiger partial charge in [0.25, 0.3) is 0 Å². The quantitative estimate of drug-likeness (QED) is 0.687. The maximum Gasteiger partial charge on any atom is 0.194 e. The van der Waals surface area contributed by atoms with E-state index in [4.69, 9.17) is 14.7 Å². The number of aromatic nitrogens is 2. The Labute approximate surface area is 148 Å². The average molecular weight is 341 g/mol. The SMILES string of the molecule is CCNC(=NCc1cn2c(C)cccc2n1)N1CCC2(CCOC2)C1. The Morgan fingerprint density at radius 2 is 2.32 bits per heavy atom. The summed E-state index contributed by atoms with van der Waals surface area (Å²) in [7, 11) is 0. The van der Waals surface area contributed by atoms with Crippen molar-refractivity contribution in [3.8, 4) is 0 Å². The molecule has 2 saturated heterocycles. The van der Waals surface area contributed by atoms with Crippen LogP contribution in [0.1, 0.15) is 31.2 Å². The summed E-state index contributed by atoms with van der Waals surface area (Å²) in [6.45, 7) is 9.60. The first-order valence-corrected chi connectivity index (χ1v) is 9.24. The van der Waals surface area contributed by atoms with Crippen LogP contribution in [0.15, 0.2) is 29.4 Å². The van der Waals surface area contributed by atoms with E-state index >= 15 is 0 Å². The predicted molar refractivity (Wildman–Crippen MR) is 98.8 cm³/mol. The topological polar surface area (TPSA) is 54.2 Å². The molecule has 1 unspecified atom stereocenters. The molecule has 0 saturated carbocycles. The van der Waals surface area contributed by atoms with Crippen molar-refractivity contribution < 1.29 is 4.74 Å². The number of ether oxygens (including phenoxy) is 1. The number of rotatable bonds is 3. The monoisotopic (exact) mass is 341 g/mol. The molecule has 2 fully saturated rings. The minimum absolute atomic E-state index is 0.344. The number of fused-ring (bicyclic) bond motifs is 1. The third kappa shape index (κ3) is 3.23. The molecule has 2 aromatic heterocycles. The number of imidazole rings is 1. The Hall–Kier alpha value is -2.08. The molecule has 2 aliphatic heterocycles. The molecular weight excluding hydrogens is 314 g/mol. The fourth-order valence-electron chi connectivity index (χ4n) is 3.94. The molecule has 0 aliphatic carbocycles. The number of nitrogens with one attached hydrogen (secondary N) is 1. The van der Waals surface area contributed by atoms with Gasteiger partial charge in [0.2, 0.25) is 0 Å². The molecule has 4 rings (SSSR count). The first kappa shape index (κ1) is 16.4. The third-order valence-corrected chi connectivity index (χ3v) is 5.39. The van der Waals surface area contributed by atoms with Crippen LogP contribution in [0.4, 0.5) is 0 Å². The van der Waals surface area contributed by atoms with Gasteiger partial charge in [0, 0.05) is 43.5 Å². The second-order valence-electron chi connectivity index (χ2n) is 7.27. The molecule has 0 bridgehead atoms. The molecule has 0 radical (unpaired) electrons. The number of guanidine groups is 1. The summed E-state index contributed by atoms with van der Waals surface area (Å²) in [5.41, 5.74) is 3.52. The smallest absolute Gasteiger partial charge is 0.194 e. The molecule has 25 heavy (non-hydrogen) atoms. The summed E-state index contributed by atoms with van der Waals surface area (Å²) in [4.78, 5) is 11.9. The van der Waals surface area contributed by atoms with Gasteiger partial charge in [-0.05, 0) is 38.8 Å². The van der Waals surface area contributed by atoms with Crippen molar-refractivity contribution in [2.75, 3.05) is 32.8 Å². The molecule has 134 valence electrons. The van der Waals surface area contributed by atoms with Gasteiger partial charge in [0.05, 0.1) is 18.8 Å². The standard InChI is InChI=1S/C19H27N5O/c1-3-20-18(23-9-7-19(13-23)8-10-25-14-19)21-11-16-12-24-15(2)5-4-6-17(24)22-16/h4-6,12H,3,7-11,13-14H2,1-2H3,(H,20,21). The van der Waals surface area contributed by atoms with Gasteiger partial charge in [-0.2, -0.15) is 0 Å². The first-order chi connectivity index (χ1) is 12.2. The molecule has 6 nitrogen and oxygen atoms in total. The highest BCUT2D eigenvalue weighted by atomic mass is 16.5. The van der Waals surface area contributed by atoms with Crippen molar-refractivity contribution in [1.29, 1.82) is 0 Å². The van der Waals surface area contributed by atoms with Crippen LogP contribution in [0.5, 0.6) is 0 Å². The van der Waals surface area contributed by atoms with Crippen LogP contribution >= 0.6 is 0 Å². The molecule has 1 N–H and O–H groups in total. The summed E-state index contributed by atoms with van der Waals surface area (Å²) in [6.07, 6.45) is 4.47. The summed E-state index contributed by atoms with van der Waals surface area (Å²) in [6, 6.07) is 6.18. The molecule has 0 amide bonds. The van der Waals surface area contributed by atoms with E-state index in [1.807, 2.05) is 12.1 Å². The van der Waals surface area contributed by atoms with Crippen LogP contribution in [0.25, 0.3) is 5.65 Å². The number of aliphatic imine (C=N–C) groups is 1. The number of aryl methyl sites for hydroxylation is 1. The van der Waals surface area contributed by atoms with Gasteiger partial charge in [-0.1, -0.05) is 6.07 Å². The van der Waals surface area contributed by atoms with E-state index in [1.54, 1.807) is 0 Å². The highest BCUT2D eigenvalue weighted by Gasteiger charge is 2.42. The number of pyridine rings is 1. The van der Waals surface area contributed by atoms with Gasteiger partial charge in [-0.15, -0.1) is 0 Å². The van der Waals surface area contributed by atoms with Crippen LogP contribution in [-0.2, 0) is 11.3 Å². The Morgan fingerprint density at radius 1 is 1.40 bits per heavy atom. The van der Waals surface area contributed by atoms with E-state index < -0.39 is 0 Å². The number of nitrogens with zero attached hydrogens (tertiary/aromatic N) is 4. The highest BCUT2D eigenvalue weighted by Crippen LogP contribution is 2.38. The minimum atomic E-state index is 0.344. The Kier molecular flexibility index (Phi) is 4.37. The van der Waals surface area contributed by atoms with Gasteiger partial charge < -0.3 is 19.4 Å². The first-order valence-electron chi connectivity index (χ1n) is 9.24. The van der Waals surface area contributed by atoms with Gasteiger partial charge >= 0.3 is 0 Å². The zero-order valence-electron chi connectivity index (χ0n) is 15.2. The molecule has 1 spiro atoms. The number of likely N-dealkylation sites (tertiary alicyclic amines) is 1. The van der Waals surface area contributed by atoms with E-state index in [9.17, 15) is 0 Å². The average Bonchev–Trinajstić information content (AvgIpc) is 3.33. The summed E-state index contributed by atoms with van der Waals surface area (Å²) in [5, 5.41) is 3.45. The van der Waals surface area contributed by atoms with Crippen molar-refractivity contribution in [2.24, 2.45) is 10.4 Å². The predicted octanol–water partition coefficient (Wildman–Crippen LogP) is 2.22. The van der Waals surface area contributed by atoms with E-state index in [1.165, 1.54) is 18.5 Å². The van der Waals surface area contributed by atoms with Crippen LogP contribution in [0, 0.1) is 12.3 Å². The lowest BCUT2D eigenvalue weighted by Gasteiger charge is -2.24. The second-order valence-corrected chi connectivity index (χ2v) is 7.27. The third-order valence-electron chi connectivity index (χ3n) is 5.39. The van der Waals surface area contributed by atoms with Crippen molar-refractivity contribution in [2.45, 2.75) is 33.2 Å². The van der Waals surface area contributed by atoms with Crippen LogP contribution in [-0.4, -0.2) is 53.1 Å². The van der Waals surface area contributed by atoms with Crippen molar-refractivity contribution in [3.63, 3.8) is 0 Å². The van der Waals surface area contributed by atoms with Crippen molar-refractivity contribution in [3.05, 3.63) is 35.8 Å². The molecular formula is C19H27N5O. The normalized spacial score (nSPS) is 23.9. The summed E-state index contributed by atoms with van der Waals surface area (Å²) in [5.74, 6) is 1.00. The van der Waals surface area contributed by atoms with E-state index in [2.05, 4.69) is 40.7 Å². The molecule has 0 aromatic carbocycles. The van der Waals surface area contributed by atoms with E-state index in [-0.39, 0.29) is 0 Å². The fourth-order valence-corrected chi connectivity index (χ4v) is 3.94. The van der Waals surface area contributed by atoms with Gasteiger partial charge in [-0.25, -0.2) is 9.98 Å². The molecule has 1 atom stereocenters. The Balaban J connectivity index is 1.51. The molecule has 2 aromatic rings. The number of hydrogen-bond donors (Lipinski definition) is 1. The maximum absolute atomic E-state index is 5.64. The molecule has 6 heteroatoms. The second kappa shape index (κ2) is 6.67. The van der Waals surface area contributed by atoms with Crippen molar-refractivity contribution in [1.82, 2.24) is 19.6 Å². The fraction of sp³-hybridized carbons (Fsp3) is 0.579. The number of hydrogen-bond acceptors (Lipinski definition) is 3. The van der Waals surface area contributed by atoms with Gasteiger partial charge in [0.1, 0.15) is 5.65 Å². The van der Waals surface area contributed by atoms with Gasteiger partial charge in [-0.3, -0.25) is 0 Å². The zero-order valence-corrected chi connectivity index (χ0v) is 15.2. The van der Waals surface area contributed by atoms with Crippen LogP contribution < -0.4 is 5.32 Å². The highest BCUT2D eigenvalue weighted by molar-refractivity contribution is 5.80. The Morgan fingerprint density at radius 3 is 3.08 bits per heavy atom.